The Hall–Kier alpha value is -0.730. The van der Waals surface area contributed by atoms with Gasteiger partial charge < -0.3 is 5.73 Å². The first kappa shape index (κ1) is 11.1. The summed E-state index contributed by atoms with van der Waals surface area (Å²) in [5.41, 5.74) is 17.9. The fraction of sp³-hybridized carbons (Fsp3) is 1.00. The van der Waals surface area contributed by atoms with Crippen LogP contribution >= 0.6 is 0 Å². The third-order valence-electron chi connectivity index (χ3n) is 0.612. The molecule has 0 spiro atoms. The van der Waals surface area contributed by atoms with Crippen molar-refractivity contribution in [1.82, 2.24) is 0 Å². The molecule has 0 saturated carbocycles. The summed E-state index contributed by atoms with van der Waals surface area (Å²) < 4.78 is 0. The van der Waals surface area contributed by atoms with Crippen LogP contribution in [0, 0.1) is 10.9 Å². The minimum absolute atomic E-state index is 0.319. The highest BCUT2D eigenvalue weighted by molar-refractivity contribution is 4.59. The number of hydrogen-bond acceptors (Lipinski definition) is 2. The van der Waals surface area contributed by atoms with Gasteiger partial charge in [0.2, 0.25) is 0 Å². The Morgan fingerprint density at radius 2 is 1.67 bits per heavy atom. The second-order valence-corrected chi connectivity index (χ2v) is 2.86. The van der Waals surface area contributed by atoms with Crippen LogP contribution in [0.3, 0.4) is 0 Å². The van der Waals surface area contributed by atoms with Crippen molar-refractivity contribution in [2.75, 3.05) is 6.54 Å². The second-order valence-electron chi connectivity index (χ2n) is 2.86. The molecule has 0 atom stereocenters. The van der Waals surface area contributed by atoms with Crippen molar-refractivity contribution in [3.63, 3.8) is 0 Å². The Morgan fingerprint density at radius 3 is 1.67 bits per heavy atom. The van der Waals surface area contributed by atoms with Gasteiger partial charge in [0.25, 0.3) is 0 Å². The Morgan fingerprint density at radius 1 is 1.56 bits per heavy atom. The summed E-state index contributed by atoms with van der Waals surface area (Å²) in [6, 6.07) is 0. The predicted octanol–water partition coefficient (Wildman–Crippen LogP) is 1.87. The molecule has 0 aromatic rings. The largest absolute Gasteiger partial charge is 0.330 e. The van der Waals surface area contributed by atoms with Crippen molar-refractivity contribution >= 4 is 0 Å². The topological polar surface area (TPSA) is 86.3 Å². The lowest BCUT2D eigenvalue weighted by Gasteiger charge is -2.12. The monoisotopic (exact) mass is 130 g/mol. The van der Waals surface area contributed by atoms with E-state index in [1.807, 2.05) is 0 Å². The van der Waals surface area contributed by atoms with Gasteiger partial charge in [-0.3, -0.25) is 0 Å². The molecule has 0 aromatic carbocycles. The van der Waals surface area contributed by atoms with Gasteiger partial charge in [-0.05, 0) is 22.4 Å². The van der Waals surface area contributed by atoms with E-state index in [0.717, 1.165) is 6.54 Å². The minimum Gasteiger partial charge on any atom is -0.330 e. The zero-order chi connectivity index (χ0) is 7.91. The average molecular weight is 130 g/mol. The van der Waals surface area contributed by atoms with Crippen LogP contribution in [-0.4, -0.2) is 6.54 Å². The highest BCUT2D eigenvalue weighted by Gasteiger charge is 2.03. The number of nitrogens with two attached hydrogens (primary N) is 1. The Balaban J connectivity index is 0. The van der Waals surface area contributed by atoms with Gasteiger partial charge in [-0.25, -0.2) is 0 Å². The maximum absolute atomic E-state index is 6.86. The Labute approximate surface area is 55.5 Å². The summed E-state index contributed by atoms with van der Waals surface area (Å²) in [6.07, 6.45) is 0. The molecule has 0 aromatic heterocycles. The van der Waals surface area contributed by atoms with Crippen LogP contribution in [0.2, 0.25) is 0 Å². The molecule has 4 nitrogen and oxygen atoms in total. The molecule has 54 valence electrons. The lowest BCUT2D eigenvalue weighted by atomic mass is 9.98. The third-order valence-corrected chi connectivity index (χ3v) is 0.612. The van der Waals surface area contributed by atoms with E-state index < -0.39 is 0 Å². The first-order valence-electron chi connectivity index (χ1n) is 2.69. The normalized spacial score (nSPS) is 8.89. The molecule has 0 fully saturated rings. The van der Waals surface area contributed by atoms with Crippen LogP contribution in [0.5, 0.6) is 0 Å². The quantitative estimate of drug-likeness (QED) is 0.292. The molecule has 0 rings (SSSR count). The SMILES string of the molecule is CC(C)(C)CN.[N-]=[N+]=N. The summed E-state index contributed by atoms with van der Waals surface area (Å²) in [4.78, 5) is 1.75. The van der Waals surface area contributed by atoms with E-state index in [9.17, 15) is 0 Å². The first-order chi connectivity index (χ1) is 3.97. The van der Waals surface area contributed by atoms with E-state index in [1.165, 1.54) is 0 Å². The molecule has 0 unspecified atom stereocenters. The zero-order valence-corrected chi connectivity index (χ0v) is 6.18. The molecule has 3 N–H and O–H groups in total. The number of nitrogens with one attached hydrogen (secondary N) is 1. The lowest BCUT2D eigenvalue weighted by Crippen LogP contribution is -2.18. The summed E-state index contributed by atoms with van der Waals surface area (Å²) in [7, 11) is 0. The van der Waals surface area contributed by atoms with Gasteiger partial charge in [0.15, 0.2) is 0 Å². The molecule has 0 saturated heterocycles. The maximum Gasteiger partial charge on any atom is -0.00208 e. The number of hydrogen-bond donors (Lipinski definition) is 2. The molecule has 0 aliphatic heterocycles. The highest BCUT2D eigenvalue weighted by atomic mass is 15.0. The second kappa shape index (κ2) is 5.41. The van der Waals surface area contributed by atoms with E-state index in [1.54, 1.807) is 4.91 Å². The Bertz CT molecular complexity index is 85.6. The summed E-state index contributed by atoms with van der Waals surface area (Å²) in [5.74, 6) is 0. The van der Waals surface area contributed by atoms with Crippen LogP contribution in [-0.2, 0) is 0 Å². The van der Waals surface area contributed by atoms with E-state index in [4.69, 9.17) is 16.8 Å². The Kier molecular flexibility index (Phi) is 6.68. The molecule has 0 radical (unpaired) electrons. The van der Waals surface area contributed by atoms with Crippen molar-refractivity contribution < 1.29 is 0 Å². The molecule has 0 aliphatic carbocycles. The predicted molar refractivity (Wildman–Crippen MR) is 37.9 cm³/mol. The van der Waals surface area contributed by atoms with Crippen molar-refractivity contribution in [2.24, 2.45) is 11.1 Å². The molecule has 0 amide bonds. The van der Waals surface area contributed by atoms with Crippen molar-refractivity contribution in [3.8, 4) is 0 Å². The van der Waals surface area contributed by atoms with E-state index in [0.29, 0.717) is 5.41 Å². The minimum atomic E-state index is 0.319. The maximum atomic E-state index is 6.86. The number of nitrogens with zero attached hydrogens (tertiary/aromatic N) is 2. The van der Waals surface area contributed by atoms with E-state index in [2.05, 4.69) is 20.8 Å². The number of rotatable bonds is 0. The van der Waals surface area contributed by atoms with Gasteiger partial charge in [-0.1, -0.05) is 20.8 Å². The van der Waals surface area contributed by atoms with Crippen LogP contribution in [0.4, 0.5) is 0 Å². The van der Waals surface area contributed by atoms with Crippen LogP contribution in [0.1, 0.15) is 20.8 Å². The average Bonchev–Trinajstić information content (AvgIpc) is 1.67. The van der Waals surface area contributed by atoms with Gasteiger partial charge in [0.05, 0.1) is 0 Å². The summed E-state index contributed by atoms with van der Waals surface area (Å²) in [6.45, 7) is 7.12. The van der Waals surface area contributed by atoms with Gasteiger partial charge in [-0.2, -0.15) is 0 Å². The van der Waals surface area contributed by atoms with Crippen molar-refractivity contribution in [1.29, 1.82) is 5.53 Å². The van der Waals surface area contributed by atoms with Gasteiger partial charge in [0, 0.05) is 0 Å². The summed E-state index contributed by atoms with van der Waals surface area (Å²) in [5, 5.41) is 0. The smallest absolute Gasteiger partial charge is 0.00208 e. The van der Waals surface area contributed by atoms with Crippen LogP contribution in [0.15, 0.2) is 0 Å². The fourth-order valence-electron chi connectivity index (χ4n) is 0. The van der Waals surface area contributed by atoms with Crippen LogP contribution in [0.25, 0.3) is 10.4 Å². The fourth-order valence-corrected chi connectivity index (χ4v) is 0. The first-order valence-corrected chi connectivity index (χ1v) is 2.69. The van der Waals surface area contributed by atoms with Gasteiger partial charge >= 0.3 is 0 Å². The van der Waals surface area contributed by atoms with Gasteiger partial charge in [-0.15, -0.1) is 5.53 Å². The van der Waals surface area contributed by atoms with E-state index in [-0.39, 0.29) is 0 Å². The molecular formula is C5H14N4. The zero-order valence-electron chi connectivity index (χ0n) is 6.18. The van der Waals surface area contributed by atoms with Crippen molar-refractivity contribution in [3.05, 3.63) is 10.4 Å². The third kappa shape index (κ3) is 39.2. The molecular weight excluding hydrogens is 116 g/mol. The van der Waals surface area contributed by atoms with Crippen molar-refractivity contribution in [2.45, 2.75) is 20.8 Å². The molecule has 9 heavy (non-hydrogen) atoms. The summed E-state index contributed by atoms with van der Waals surface area (Å²) >= 11 is 0. The molecule has 4 heteroatoms. The molecule has 0 heterocycles. The molecule has 0 aliphatic rings. The molecule has 0 bridgehead atoms. The highest BCUT2D eigenvalue weighted by Crippen LogP contribution is 2.07. The van der Waals surface area contributed by atoms with Gasteiger partial charge in [0.1, 0.15) is 0 Å². The van der Waals surface area contributed by atoms with Crippen LogP contribution < -0.4 is 5.73 Å². The van der Waals surface area contributed by atoms with E-state index >= 15 is 0 Å². The standard InChI is InChI=1S/C5H13N.HN3/c1-5(2,3)4-6;1-3-2/h4,6H2,1-3H3;1H. The lowest BCUT2D eigenvalue weighted by molar-refractivity contribution is 0.428.